The van der Waals surface area contributed by atoms with Crippen molar-refractivity contribution in [1.82, 2.24) is 0 Å². The zero-order chi connectivity index (χ0) is 13.5. The number of halogens is 2. The fraction of sp³-hybridized carbons (Fsp3) is 0.385. The average Bonchev–Trinajstić information content (AvgIpc) is 2.34. The molecule has 0 saturated heterocycles. The minimum Gasteiger partial charge on any atom is -0.469 e. The highest BCUT2D eigenvalue weighted by molar-refractivity contribution is 6.31. The van der Waals surface area contributed by atoms with Gasteiger partial charge in [0.05, 0.1) is 13.5 Å². The van der Waals surface area contributed by atoms with Gasteiger partial charge in [-0.2, -0.15) is 0 Å². The number of carbonyl (C=O) groups is 2. The lowest BCUT2D eigenvalue weighted by Crippen LogP contribution is -2.06. The summed E-state index contributed by atoms with van der Waals surface area (Å²) in [6.07, 6.45) is 0.972. The van der Waals surface area contributed by atoms with Crippen molar-refractivity contribution in [2.45, 2.75) is 25.7 Å². The maximum atomic E-state index is 12.8. The lowest BCUT2D eigenvalue weighted by molar-refractivity contribution is -0.141. The van der Waals surface area contributed by atoms with Gasteiger partial charge in [0.2, 0.25) is 0 Å². The maximum absolute atomic E-state index is 12.8. The first kappa shape index (κ1) is 14.6. The Labute approximate surface area is 110 Å². The molecule has 0 aliphatic carbocycles. The number of benzene rings is 1. The van der Waals surface area contributed by atoms with Crippen LogP contribution in [0.2, 0.25) is 5.02 Å². The van der Waals surface area contributed by atoms with Crippen molar-refractivity contribution in [1.29, 1.82) is 0 Å². The molecule has 0 N–H and O–H groups in total. The quantitative estimate of drug-likeness (QED) is 0.748. The molecule has 3 nitrogen and oxygen atoms in total. The standard InChI is InChI=1S/C13H14ClFO3/c1-18-13(17)7-6-11(16)5-3-9-2-4-10(15)8-12(9)14/h2,4,8H,3,5-7H2,1H3. The summed E-state index contributed by atoms with van der Waals surface area (Å²) in [6, 6.07) is 4.08. The third kappa shape index (κ3) is 4.84. The average molecular weight is 273 g/mol. The van der Waals surface area contributed by atoms with E-state index in [1.54, 1.807) is 6.07 Å². The highest BCUT2D eigenvalue weighted by Gasteiger charge is 2.09. The van der Waals surface area contributed by atoms with Gasteiger partial charge in [0.15, 0.2) is 0 Å². The second kappa shape index (κ2) is 7.11. The van der Waals surface area contributed by atoms with Crippen molar-refractivity contribution < 1.29 is 18.7 Å². The first-order valence-corrected chi connectivity index (χ1v) is 5.93. The van der Waals surface area contributed by atoms with E-state index in [0.717, 1.165) is 5.56 Å². The second-order valence-corrected chi connectivity index (χ2v) is 4.26. The third-order valence-electron chi connectivity index (χ3n) is 2.52. The van der Waals surface area contributed by atoms with Crippen LogP contribution in [0.5, 0.6) is 0 Å². The Morgan fingerprint density at radius 1 is 1.28 bits per heavy atom. The predicted octanol–water partition coefficient (Wildman–Crippen LogP) is 2.93. The summed E-state index contributed by atoms with van der Waals surface area (Å²) < 4.78 is 17.2. The Balaban J connectivity index is 2.40. The number of rotatable bonds is 6. The Kier molecular flexibility index (Phi) is 5.78. The molecule has 5 heteroatoms. The predicted molar refractivity (Wildman–Crippen MR) is 66.0 cm³/mol. The van der Waals surface area contributed by atoms with Crippen molar-refractivity contribution >= 4 is 23.4 Å². The Hall–Kier alpha value is -1.42. The monoisotopic (exact) mass is 272 g/mol. The molecule has 0 spiro atoms. The molecule has 1 rings (SSSR count). The number of aryl methyl sites for hydroxylation is 1. The Bertz CT molecular complexity index is 446. The van der Waals surface area contributed by atoms with Crippen LogP contribution in [0.1, 0.15) is 24.8 Å². The van der Waals surface area contributed by atoms with Crippen molar-refractivity contribution in [3.8, 4) is 0 Å². The van der Waals surface area contributed by atoms with E-state index < -0.39 is 11.8 Å². The molecule has 0 amide bonds. The number of ether oxygens (including phenoxy) is 1. The lowest BCUT2D eigenvalue weighted by Gasteiger charge is -2.04. The van der Waals surface area contributed by atoms with E-state index in [0.29, 0.717) is 11.4 Å². The first-order valence-electron chi connectivity index (χ1n) is 5.55. The summed E-state index contributed by atoms with van der Waals surface area (Å²) in [6.45, 7) is 0. The second-order valence-electron chi connectivity index (χ2n) is 3.85. The molecule has 0 aliphatic rings. The number of hydrogen-bond donors (Lipinski definition) is 0. The van der Waals surface area contributed by atoms with Gasteiger partial charge < -0.3 is 4.74 Å². The van der Waals surface area contributed by atoms with E-state index in [9.17, 15) is 14.0 Å². The van der Waals surface area contributed by atoms with Gasteiger partial charge in [0.25, 0.3) is 0 Å². The minimum atomic E-state index is -0.402. The number of methoxy groups -OCH3 is 1. The topological polar surface area (TPSA) is 43.4 Å². The molecule has 1 aromatic carbocycles. The lowest BCUT2D eigenvalue weighted by atomic mass is 10.0. The summed E-state index contributed by atoms with van der Waals surface area (Å²) in [5, 5.41) is 0.316. The normalized spacial score (nSPS) is 10.2. The van der Waals surface area contributed by atoms with Gasteiger partial charge in [0, 0.05) is 17.9 Å². The van der Waals surface area contributed by atoms with Crippen LogP contribution in [0.3, 0.4) is 0 Å². The number of carbonyl (C=O) groups excluding carboxylic acids is 2. The fourth-order valence-electron chi connectivity index (χ4n) is 1.47. The summed E-state index contributed by atoms with van der Waals surface area (Å²) in [5.74, 6) is -0.843. The van der Waals surface area contributed by atoms with Gasteiger partial charge in [-0.05, 0) is 24.1 Å². The van der Waals surface area contributed by atoms with Crippen molar-refractivity contribution in [3.05, 3.63) is 34.6 Å². The van der Waals surface area contributed by atoms with E-state index >= 15 is 0 Å². The van der Waals surface area contributed by atoms with Crippen LogP contribution in [0.25, 0.3) is 0 Å². The number of ketones is 1. The molecule has 0 bridgehead atoms. The molecule has 0 radical (unpaired) electrons. The third-order valence-corrected chi connectivity index (χ3v) is 2.88. The molecule has 0 aromatic heterocycles. The van der Waals surface area contributed by atoms with Crippen LogP contribution < -0.4 is 0 Å². The van der Waals surface area contributed by atoms with Gasteiger partial charge in [0.1, 0.15) is 11.6 Å². The summed E-state index contributed by atoms with van der Waals surface area (Å²) >= 11 is 5.84. The molecular formula is C13H14ClFO3. The van der Waals surface area contributed by atoms with Crippen LogP contribution in [0, 0.1) is 5.82 Å². The van der Waals surface area contributed by atoms with Gasteiger partial charge in [-0.15, -0.1) is 0 Å². The van der Waals surface area contributed by atoms with E-state index in [4.69, 9.17) is 11.6 Å². The summed E-state index contributed by atoms with van der Waals surface area (Å²) in [7, 11) is 1.28. The molecule has 0 atom stereocenters. The summed E-state index contributed by atoms with van der Waals surface area (Å²) in [4.78, 5) is 22.3. The van der Waals surface area contributed by atoms with E-state index in [-0.39, 0.29) is 25.0 Å². The van der Waals surface area contributed by atoms with Gasteiger partial charge in [-0.3, -0.25) is 9.59 Å². The highest BCUT2D eigenvalue weighted by Crippen LogP contribution is 2.19. The van der Waals surface area contributed by atoms with Crippen molar-refractivity contribution in [2.24, 2.45) is 0 Å². The van der Waals surface area contributed by atoms with Gasteiger partial charge >= 0.3 is 5.97 Å². The Morgan fingerprint density at radius 3 is 2.61 bits per heavy atom. The van der Waals surface area contributed by atoms with Crippen LogP contribution in [-0.4, -0.2) is 18.9 Å². The van der Waals surface area contributed by atoms with Gasteiger partial charge in [-0.25, -0.2) is 4.39 Å². The summed E-state index contributed by atoms with van der Waals surface area (Å²) in [5.41, 5.74) is 0.726. The highest BCUT2D eigenvalue weighted by atomic mass is 35.5. The van der Waals surface area contributed by atoms with E-state index in [1.165, 1.54) is 19.2 Å². The largest absolute Gasteiger partial charge is 0.469 e. The van der Waals surface area contributed by atoms with Crippen LogP contribution in [0.15, 0.2) is 18.2 Å². The molecule has 0 aliphatic heterocycles. The van der Waals surface area contributed by atoms with E-state index in [2.05, 4.69) is 4.74 Å². The zero-order valence-corrected chi connectivity index (χ0v) is 10.8. The SMILES string of the molecule is COC(=O)CCC(=O)CCc1ccc(F)cc1Cl. The fourth-order valence-corrected chi connectivity index (χ4v) is 1.73. The van der Waals surface area contributed by atoms with Crippen LogP contribution >= 0.6 is 11.6 Å². The molecular weight excluding hydrogens is 259 g/mol. The smallest absolute Gasteiger partial charge is 0.305 e. The number of hydrogen-bond acceptors (Lipinski definition) is 3. The molecule has 0 unspecified atom stereocenters. The van der Waals surface area contributed by atoms with E-state index in [1.807, 2.05) is 0 Å². The molecule has 1 aromatic rings. The molecule has 98 valence electrons. The maximum Gasteiger partial charge on any atom is 0.305 e. The molecule has 0 fully saturated rings. The number of esters is 1. The Morgan fingerprint density at radius 2 is 2.00 bits per heavy atom. The van der Waals surface area contributed by atoms with Crippen LogP contribution in [0.4, 0.5) is 4.39 Å². The van der Waals surface area contributed by atoms with Crippen LogP contribution in [-0.2, 0) is 20.7 Å². The molecule has 0 saturated carbocycles. The molecule has 18 heavy (non-hydrogen) atoms. The van der Waals surface area contributed by atoms with Gasteiger partial charge in [-0.1, -0.05) is 17.7 Å². The van der Waals surface area contributed by atoms with Crippen molar-refractivity contribution in [3.63, 3.8) is 0 Å². The first-order chi connectivity index (χ1) is 8.52. The molecule has 0 heterocycles. The zero-order valence-electron chi connectivity index (χ0n) is 10.0. The minimum absolute atomic E-state index is 0.0409. The number of Topliss-reactive ketones (excluding diaryl/α,β-unsaturated/α-hetero) is 1. The van der Waals surface area contributed by atoms with Crippen molar-refractivity contribution in [2.75, 3.05) is 7.11 Å².